The smallest absolute Gasteiger partial charge is 0.254 e. The first-order valence-corrected chi connectivity index (χ1v) is 9.88. The Morgan fingerprint density at radius 3 is 2.60 bits per heavy atom. The van der Waals surface area contributed by atoms with Crippen LogP contribution in [0.4, 0.5) is 0 Å². The summed E-state index contributed by atoms with van der Waals surface area (Å²) in [6.07, 6.45) is 1.79. The summed E-state index contributed by atoms with van der Waals surface area (Å²) in [6, 6.07) is 13.6. The number of rotatable bonds is 4. The molecule has 0 aromatic heterocycles. The maximum absolute atomic E-state index is 12.9. The average molecular weight is 379 g/mol. The first-order valence-electron chi connectivity index (χ1n) is 8.02. The number of nitrogens with one attached hydrogen (secondary N) is 1. The van der Waals surface area contributed by atoms with Crippen LogP contribution in [0.5, 0.6) is 0 Å². The van der Waals surface area contributed by atoms with Gasteiger partial charge in [-0.1, -0.05) is 29.8 Å². The summed E-state index contributed by atoms with van der Waals surface area (Å²) >= 11 is 5.94. The van der Waals surface area contributed by atoms with E-state index in [2.05, 4.69) is 4.72 Å². The van der Waals surface area contributed by atoms with Crippen LogP contribution in [0.2, 0.25) is 5.02 Å². The predicted octanol–water partition coefficient (Wildman–Crippen LogP) is 3.23. The third-order valence-corrected chi connectivity index (χ3v) is 6.09. The number of nitrogens with zero attached hydrogens (tertiary/aromatic N) is 1. The zero-order chi connectivity index (χ0) is 18.0. The lowest BCUT2D eigenvalue weighted by Gasteiger charge is -2.25. The second kappa shape index (κ2) is 7.15. The molecule has 0 aliphatic carbocycles. The summed E-state index contributed by atoms with van der Waals surface area (Å²) in [6.45, 7) is 0.648. The van der Waals surface area contributed by atoms with Gasteiger partial charge in [0, 0.05) is 17.1 Å². The molecule has 5 nitrogen and oxygen atoms in total. The van der Waals surface area contributed by atoms with Crippen molar-refractivity contribution in [3.63, 3.8) is 0 Å². The quantitative estimate of drug-likeness (QED) is 0.888. The van der Waals surface area contributed by atoms with Gasteiger partial charge in [0.15, 0.2) is 0 Å². The highest BCUT2D eigenvalue weighted by atomic mass is 35.5. The lowest BCUT2D eigenvalue weighted by molar-refractivity contribution is 0.0735. The Balaban J connectivity index is 1.89. The molecule has 2 aromatic carbocycles. The third kappa shape index (κ3) is 3.71. The van der Waals surface area contributed by atoms with Crippen molar-refractivity contribution in [1.29, 1.82) is 0 Å². The summed E-state index contributed by atoms with van der Waals surface area (Å²) in [5.74, 6) is -0.161. The second-order valence-corrected chi connectivity index (χ2v) is 8.27. The zero-order valence-corrected chi connectivity index (χ0v) is 15.3. The standard InChI is InChI=1S/C18H19ClN2O3S/c1-20-25(23,24)16-5-2-4-14(12-16)18(22)21-11-3-6-17(21)13-7-9-15(19)10-8-13/h2,4-5,7-10,12,17,20H,3,6,11H2,1H3/t17-/m1/s1. The minimum absolute atomic E-state index is 0.0191. The molecule has 0 unspecified atom stereocenters. The highest BCUT2D eigenvalue weighted by molar-refractivity contribution is 7.89. The van der Waals surface area contributed by atoms with Crippen LogP contribution >= 0.6 is 11.6 Å². The van der Waals surface area contributed by atoms with Crippen LogP contribution in [0.1, 0.15) is 34.8 Å². The number of benzene rings is 2. The van der Waals surface area contributed by atoms with Crippen molar-refractivity contribution in [2.75, 3.05) is 13.6 Å². The molecule has 1 aliphatic rings. The molecule has 0 spiro atoms. The van der Waals surface area contributed by atoms with Crippen LogP contribution in [-0.4, -0.2) is 32.8 Å². The number of sulfonamides is 1. The number of carbonyl (C=O) groups excluding carboxylic acids is 1. The fourth-order valence-corrected chi connectivity index (χ4v) is 4.02. The Morgan fingerprint density at radius 2 is 1.92 bits per heavy atom. The minimum Gasteiger partial charge on any atom is -0.332 e. The Hall–Kier alpha value is -1.89. The average Bonchev–Trinajstić information content (AvgIpc) is 3.11. The number of likely N-dealkylation sites (tertiary alicyclic amines) is 1. The fraction of sp³-hybridized carbons (Fsp3) is 0.278. The number of hydrogen-bond donors (Lipinski definition) is 1. The van der Waals surface area contributed by atoms with Gasteiger partial charge in [-0.25, -0.2) is 13.1 Å². The lowest BCUT2D eigenvalue weighted by atomic mass is 10.0. The molecule has 1 amide bonds. The third-order valence-electron chi connectivity index (χ3n) is 4.43. The summed E-state index contributed by atoms with van der Waals surface area (Å²) in [7, 11) is -2.24. The van der Waals surface area contributed by atoms with E-state index >= 15 is 0 Å². The zero-order valence-electron chi connectivity index (χ0n) is 13.8. The van der Waals surface area contributed by atoms with Crippen LogP contribution in [0.25, 0.3) is 0 Å². The molecule has 0 radical (unpaired) electrons. The molecule has 1 aliphatic heterocycles. The maximum Gasteiger partial charge on any atom is 0.254 e. The first kappa shape index (κ1) is 17.9. The topological polar surface area (TPSA) is 66.5 Å². The van der Waals surface area contributed by atoms with Gasteiger partial charge in [0.25, 0.3) is 5.91 Å². The number of halogens is 1. The Kier molecular flexibility index (Phi) is 5.13. The predicted molar refractivity (Wildman–Crippen MR) is 97.2 cm³/mol. The monoisotopic (exact) mass is 378 g/mol. The molecule has 1 fully saturated rings. The van der Waals surface area contributed by atoms with Crippen molar-refractivity contribution in [3.8, 4) is 0 Å². The molecular formula is C18H19ClN2O3S. The van der Waals surface area contributed by atoms with Crippen LogP contribution in [-0.2, 0) is 10.0 Å². The molecular weight excluding hydrogens is 360 g/mol. The molecule has 25 heavy (non-hydrogen) atoms. The molecule has 132 valence electrons. The van der Waals surface area contributed by atoms with Crippen LogP contribution < -0.4 is 4.72 Å². The Morgan fingerprint density at radius 1 is 1.20 bits per heavy atom. The highest BCUT2D eigenvalue weighted by Gasteiger charge is 2.31. The normalized spacial score (nSPS) is 17.7. The van der Waals surface area contributed by atoms with E-state index in [0.717, 1.165) is 18.4 Å². The summed E-state index contributed by atoms with van der Waals surface area (Å²) in [5, 5.41) is 0.657. The second-order valence-electron chi connectivity index (χ2n) is 5.94. The van der Waals surface area contributed by atoms with Gasteiger partial charge in [-0.05, 0) is 55.8 Å². The molecule has 7 heteroatoms. The van der Waals surface area contributed by atoms with Crippen molar-refractivity contribution in [3.05, 3.63) is 64.7 Å². The fourth-order valence-electron chi connectivity index (χ4n) is 3.12. The van der Waals surface area contributed by atoms with E-state index in [1.165, 1.54) is 19.2 Å². The van der Waals surface area contributed by atoms with E-state index in [1.807, 2.05) is 24.3 Å². The lowest BCUT2D eigenvalue weighted by Crippen LogP contribution is -2.30. The van der Waals surface area contributed by atoms with Gasteiger partial charge >= 0.3 is 0 Å². The van der Waals surface area contributed by atoms with E-state index in [4.69, 9.17) is 11.6 Å². The Bertz CT molecular complexity index is 881. The van der Waals surface area contributed by atoms with Crippen molar-refractivity contribution < 1.29 is 13.2 Å². The maximum atomic E-state index is 12.9. The van der Waals surface area contributed by atoms with E-state index in [9.17, 15) is 13.2 Å². The van der Waals surface area contributed by atoms with Gasteiger partial charge in [0.05, 0.1) is 10.9 Å². The van der Waals surface area contributed by atoms with Crippen LogP contribution in [0, 0.1) is 0 Å². The van der Waals surface area contributed by atoms with Crippen LogP contribution in [0.15, 0.2) is 53.4 Å². The molecule has 1 saturated heterocycles. The highest BCUT2D eigenvalue weighted by Crippen LogP contribution is 2.33. The van der Waals surface area contributed by atoms with Gasteiger partial charge in [-0.15, -0.1) is 0 Å². The van der Waals surface area contributed by atoms with Gasteiger partial charge < -0.3 is 4.90 Å². The molecule has 0 saturated carbocycles. The number of carbonyl (C=O) groups is 1. The van der Waals surface area contributed by atoms with Gasteiger partial charge in [-0.2, -0.15) is 0 Å². The molecule has 2 aromatic rings. The van der Waals surface area contributed by atoms with Gasteiger partial charge in [0.1, 0.15) is 0 Å². The number of amides is 1. The summed E-state index contributed by atoms with van der Waals surface area (Å²) < 4.78 is 26.2. The van der Waals surface area contributed by atoms with Gasteiger partial charge in [0.2, 0.25) is 10.0 Å². The number of hydrogen-bond acceptors (Lipinski definition) is 3. The van der Waals surface area contributed by atoms with Crippen molar-refractivity contribution in [1.82, 2.24) is 9.62 Å². The summed E-state index contributed by atoms with van der Waals surface area (Å²) in [4.78, 5) is 14.8. The largest absolute Gasteiger partial charge is 0.332 e. The van der Waals surface area contributed by atoms with E-state index in [1.54, 1.807) is 17.0 Å². The van der Waals surface area contributed by atoms with E-state index < -0.39 is 10.0 Å². The minimum atomic E-state index is -3.58. The van der Waals surface area contributed by atoms with Crippen molar-refractivity contribution in [2.45, 2.75) is 23.8 Å². The van der Waals surface area contributed by atoms with E-state index in [0.29, 0.717) is 17.1 Å². The van der Waals surface area contributed by atoms with E-state index in [-0.39, 0.29) is 16.8 Å². The van der Waals surface area contributed by atoms with Crippen molar-refractivity contribution in [2.24, 2.45) is 0 Å². The summed E-state index contributed by atoms with van der Waals surface area (Å²) in [5.41, 5.74) is 1.41. The molecule has 0 bridgehead atoms. The molecule has 1 atom stereocenters. The van der Waals surface area contributed by atoms with Crippen molar-refractivity contribution >= 4 is 27.5 Å². The first-order chi connectivity index (χ1) is 11.9. The van der Waals surface area contributed by atoms with Crippen LogP contribution in [0.3, 0.4) is 0 Å². The molecule has 3 rings (SSSR count). The Labute approximate surface area is 152 Å². The SMILES string of the molecule is CNS(=O)(=O)c1cccc(C(=O)N2CCC[C@@H]2c2ccc(Cl)cc2)c1. The molecule has 1 heterocycles. The molecule has 1 N–H and O–H groups in total. The van der Waals surface area contributed by atoms with Gasteiger partial charge in [-0.3, -0.25) is 4.79 Å².